The van der Waals surface area contributed by atoms with Crippen molar-refractivity contribution >= 4 is 24.7 Å². The molecule has 1 N–H and O–H groups in total. The average molecular weight is 603 g/mol. The van der Waals surface area contributed by atoms with Crippen LogP contribution in [0.25, 0.3) is 0 Å². The van der Waals surface area contributed by atoms with Crippen LogP contribution in [0.3, 0.4) is 0 Å². The number of carbonyl (C=O) groups excluding carboxylic acids is 1. The van der Waals surface area contributed by atoms with Gasteiger partial charge in [-0.25, -0.2) is 0 Å². The van der Waals surface area contributed by atoms with Crippen molar-refractivity contribution in [2.24, 2.45) is 39.9 Å². The van der Waals surface area contributed by atoms with Crippen molar-refractivity contribution < 1.29 is 19.1 Å². The third kappa shape index (κ3) is 4.98. The lowest BCUT2D eigenvalue weighted by atomic mass is 9.52. The molecule has 1 spiro atoms. The Labute approximate surface area is 261 Å². The summed E-state index contributed by atoms with van der Waals surface area (Å²) in [5, 5.41) is 13.9. The Hall–Kier alpha value is -2.21. The van der Waals surface area contributed by atoms with E-state index in [9.17, 15) is 9.90 Å². The van der Waals surface area contributed by atoms with Crippen molar-refractivity contribution in [2.45, 2.75) is 98.8 Å². The van der Waals surface area contributed by atoms with Crippen LogP contribution in [-0.2, 0) is 14.0 Å². The normalized spacial score (nSPS) is 32.3. The molecule has 3 saturated carbocycles. The van der Waals surface area contributed by atoms with E-state index in [-0.39, 0.29) is 51.6 Å². The number of esters is 1. The van der Waals surface area contributed by atoms with Crippen LogP contribution in [0.2, 0.25) is 5.04 Å². The average Bonchev–Trinajstić information content (AvgIpc) is 3.35. The van der Waals surface area contributed by atoms with Crippen molar-refractivity contribution in [2.75, 3.05) is 6.61 Å². The number of benzene rings is 2. The summed E-state index contributed by atoms with van der Waals surface area (Å²) >= 11 is 0. The zero-order valence-corrected chi connectivity index (χ0v) is 28.9. The summed E-state index contributed by atoms with van der Waals surface area (Å²) in [5.74, 6) is 0.310. The van der Waals surface area contributed by atoms with Gasteiger partial charge in [-0.15, -0.1) is 0 Å². The molecule has 5 rings (SSSR count). The lowest BCUT2D eigenvalue weighted by molar-refractivity contribution is -0.178. The Morgan fingerprint density at radius 1 is 0.977 bits per heavy atom. The number of carbonyl (C=O) groups is 1. The predicted molar refractivity (Wildman–Crippen MR) is 178 cm³/mol. The van der Waals surface area contributed by atoms with Crippen molar-refractivity contribution in [3.8, 4) is 0 Å². The van der Waals surface area contributed by atoms with Gasteiger partial charge in [0.15, 0.2) is 0 Å². The van der Waals surface area contributed by atoms with Gasteiger partial charge in [0.05, 0.1) is 11.5 Å². The Balaban J connectivity index is 1.64. The largest absolute Gasteiger partial charge is 0.462 e. The highest BCUT2D eigenvalue weighted by molar-refractivity contribution is 6.99. The monoisotopic (exact) mass is 602 g/mol. The smallest absolute Gasteiger partial charge is 0.311 e. The highest BCUT2D eigenvalue weighted by Gasteiger charge is 2.71. The van der Waals surface area contributed by atoms with Gasteiger partial charge in [0.1, 0.15) is 6.10 Å². The second-order valence-corrected chi connectivity index (χ2v) is 20.7. The molecule has 0 radical (unpaired) electrons. The Kier molecular flexibility index (Phi) is 8.23. The molecule has 43 heavy (non-hydrogen) atoms. The second-order valence-electron chi connectivity index (χ2n) is 16.4. The zero-order valence-electron chi connectivity index (χ0n) is 27.9. The fraction of sp³-hybridized carbons (Fsp3) is 0.605. The summed E-state index contributed by atoms with van der Waals surface area (Å²) in [7, 11) is -2.80. The van der Waals surface area contributed by atoms with Crippen LogP contribution >= 0.6 is 0 Å². The van der Waals surface area contributed by atoms with Gasteiger partial charge in [-0.3, -0.25) is 4.79 Å². The summed E-state index contributed by atoms with van der Waals surface area (Å²) in [6.07, 6.45) is 1.93. The minimum absolute atomic E-state index is 0.0296. The van der Waals surface area contributed by atoms with Gasteiger partial charge in [-0.05, 0) is 84.0 Å². The van der Waals surface area contributed by atoms with E-state index in [1.54, 1.807) is 0 Å². The Bertz CT molecular complexity index is 1280. The minimum Gasteiger partial charge on any atom is -0.462 e. The van der Waals surface area contributed by atoms with E-state index in [1.807, 2.05) is 20.8 Å². The molecule has 3 fully saturated rings. The third-order valence-corrected chi connectivity index (χ3v) is 16.7. The SMILES string of the molecule is C=C1[C@@H]2[C@H](O)CC[C@@]23[C@@H](CO[Si](c2ccccc2)(c2ccccc2)C(C)(C)C)[C@@H](C)[C@@H](OC(=O)C(C)(C)C)C[C@H]3C1(C)C. The molecule has 0 aromatic heterocycles. The number of rotatable bonds is 6. The van der Waals surface area contributed by atoms with Gasteiger partial charge in [0.2, 0.25) is 0 Å². The van der Waals surface area contributed by atoms with Crippen LogP contribution in [0, 0.1) is 39.9 Å². The number of hydrogen-bond acceptors (Lipinski definition) is 4. The molecule has 5 heteroatoms. The number of hydrogen-bond donors (Lipinski definition) is 1. The number of aliphatic hydroxyl groups is 1. The van der Waals surface area contributed by atoms with E-state index < -0.39 is 19.8 Å². The first-order valence-electron chi connectivity index (χ1n) is 16.3. The van der Waals surface area contributed by atoms with Crippen LogP contribution in [0.1, 0.15) is 81.6 Å². The maximum atomic E-state index is 13.3. The van der Waals surface area contributed by atoms with Gasteiger partial charge in [-0.2, -0.15) is 0 Å². The quantitative estimate of drug-likeness (QED) is 0.217. The zero-order chi connectivity index (χ0) is 31.6. The minimum atomic E-state index is -2.80. The van der Waals surface area contributed by atoms with E-state index in [4.69, 9.17) is 9.16 Å². The molecular weight excluding hydrogens is 549 g/mol. The molecule has 2 aromatic carbocycles. The van der Waals surface area contributed by atoms with Crippen molar-refractivity contribution in [1.29, 1.82) is 0 Å². The van der Waals surface area contributed by atoms with Crippen LogP contribution in [0.4, 0.5) is 0 Å². The van der Waals surface area contributed by atoms with Crippen LogP contribution in [-0.4, -0.2) is 38.2 Å². The summed E-state index contributed by atoms with van der Waals surface area (Å²) in [4.78, 5) is 13.3. The second kappa shape index (κ2) is 11.0. The first kappa shape index (κ1) is 32.2. The maximum absolute atomic E-state index is 13.3. The molecule has 0 unspecified atom stereocenters. The molecule has 3 aliphatic carbocycles. The fourth-order valence-electron chi connectivity index (χ4n) is 9.46. The summed E-state index contributed by atoms with van der Waals surface area (Å²) in [6.45, 7) is 24.8. The highest BCUT2D eigenvalue weighted by Crippen LogP contribution is 2.73. The van der Waals surface area contributed by atoms with Gasteiger partial charge < -0.3 is 14.3 Å². The molecule has 0 bridgehead atoms. The van der Waals surface area contributed by atoms with Crippen molar-refractivity contribution in [1.82, 2.24) is 0 Å². The molecule has 2 aromatic rings. The first-order valence-corrected chi connectivity index (χ1v) is 18.2. The summed E-state index contributed by atoms with van der Waals surface area (Å²) < 4.78 is 14.0. The van der Waals surface area contributed by atoms with Crippen LogP contribution in [0.15, 0.2) is 72.8 Å². The molecular formula is C38H54O4Si. The summed E-state index contributed by atoms with van der Waals surface area (Å²) in [6, 6.07) is 21.6. The van der Waals surface area contributed by atoms with Crippen LogP contribution in [0.5, 0.6) is 0 Å². The Morgan fingerprint density at radius 2 is 1.51 bits per heavy atom. The highest BCUT2D eigenvalue weighted by atomic mass is 28.4. The van der Waals surface area contributed by atoms with Gasteiger partial charge in [0.25, 0.3) is 8.32 Å². The molecule has 234 valence electrons. The van der Waals surface area contributed by atoms with E-state index in [1.165, 1.54) is 10.4 Å². The standard InChI is InChI=1S/C38H54O4Si/c1-25-29(24-41-43(36(6,7)8,27-17-13-11-14-18-27)28-19-15-12-16-20-28)38-22-21-30(39)33(38)26(2)37(9,10)32(38)23-31(25)42-34(40)35(3,4)5/h11-20,25,29-33,39H,2,21-24H2,1,3-10H3/t25-,29+,30-,31+,32+,33-,38+/m1/s1. The molecule has 0 heterocycles. The molecule has 0 saturated heterocycles. The van der Waals surface area contributed by atoms with E-state index >= 15 is 0 Å². The topological polar surface area (TPSA) is 55.8 Å². The Morgan fingerprint density at radius 3 is 2.00 bits per heavy atom. The van der Waals surface area contributed by atoms with Gasteiger partial charge >= 0.3 is 5.97 Å². The lowest BCUT2D eigenvalue weighted by Crippen LogP contribution is -2.67. The number of ether oxygens (including phenoxy) is 1. The molecule has 0 aliphatic heterocycles. The maximum Gasteiger partial charge on any atom is 0.311 e. The van der Waals surface area contributed by atoms with Crippen molar-refractivity contribution in [3.63, 3.8) is 0 Å². The third-order valence-electron chi connectivity index (χ3n) is 11.7. The van der Waals surface area contributed by atoms with Crippen LogP contribution < -0.4 is 10.4 Å². The van der Waals surface area contributed by atoms with Gasteiger partial charge in [-0.1, -0.05) is 114 Å². The molecule has 7 atom stereocenters. The number of aliphatic hydroxyl groups excluding tert-OH is 1. The van der Waals surface area contributed by atoms with E-state index in [0.29, 0.717) is 6.61 Å². The van der Waals surface area contributed by atoms with E-state index in [2.05, 4.69) is 109 Å². The first-order chi connectivity index (χ1) is 20.0. The predicted octanol–water partition coefficient (Wildman–Crippen LogP) is 7.15. The molecule has 0 amide bonds. The lowest BCUT2D eigenvalue weighted by Gasteiger charge is -2.55. The molecule has 3 aliphatic rings. The van der Waals surface area contributed by atoms with Crippen molar-refractivity contribution in [3.05, 3.63) is 72.8 Å². The van der Waals surface area contributed by atoms with E-state index in [0.717, 1.165) is 24.8 Å². The molecule has 4 nitrogen and oxygen atoms in total. The van der Waals surface area contributed by atoms with Gasteiger partial charge in [0, 0.05) is 12.5 Å². The summed E-state index contributed by atoms with van der Waals surface area (Å²) in [5.41, 5.74) is 0.272. The fourth-order valence-corrected chi connectivity index (χ4v) is 14.0.